The lowest BCUT2D eigenvalue weighted by Crippen LogP contribution is -2.13. The Kier molecular flexibility index (Phi) is 5.84. The minimum Gasteiger partial charge on any atom is -0.332 e. The highest BCUT2D eigenvalue weighted by Crippen LogP contribution is 2.15. The van der Waals surface area contributed by atoms with Crippen molar-refractivity contribution in [2.24, 2.45) is 0 Å². The number of anilines is 2. The molecular formula is C24H19FN4O2. The minimum atomic E-state index is -0.505. The molecule has 0 spiro atoms. The molecule has 2 N–H and O–H groups in total. The van der Waals surface area contributed by atoms with Crippen molar-refractivity contribution in [3.05, 3.63) is 114 Å². The fraction of sp³-hybridized carbons (Fsp3) is 0.0417. The van der Waals surface area contributed by atoms with Crippen molar-refractivity contribution in [3.8, 4) is 0 Å². The van der Waals surface area contributed by atoms with Crippen molar-refractivity contribution in [1.82, 2.24) is 9.55 Å². The van der Waals surface area contributed by atoms with Crippen LogP contribution < -0.4 is 10.6 Å². The van der Waals surface area contributed by atoms with Gasteiger partial charge in [0.15, 0.2) is 0 Å². The molecule has 0 unspecified atom stereocenters. The number of nitrogens with one attached hydrogen (secondary N) is 2. The topological polar surface area (TPSA) is 76.0 Å². The summed E-state index contributed by atoms with van der Waals surface area (Å²) in [4.78, 5) is 28.6. The monoisotopic (exact) mass is 414 g/mol. The number of amides is 2. The summed E-state index contributed by atoms with van der Waals surface area (Å²) in [6.45, 7) is 0.493. The van der Waals surface area contributed by atoms with Crippen molar-refractivity contribution in [2.75, 3.05) is 10.6 Å². The van der Waals surface area contributed by atoms with Crippen molar-refractivity contribution in [1.29, 1.82) is 0 Å². The molecule has 0 saturated carbocycles. The molecule has 154 valence electrons. The van der Waals surface area contributed by atoms with Crippen LogP contribution in [0.5, 0.6) is 0 Å². The Morgan fingerprint density at radius 3 is 2.29 bits per heavy atom. The average Bonchev–Trinajstić information content (AvgIpc) is 3.26. The molecule has 6 nitrogen and oxygen atoms in total. The fourth-order valence-electron chi connectivity index (χ4n) is 3.01. The van der Waals surface area contributed by atoms with E-state index >= 15 is 0 Å². The van der Waals surface area contributed by atoms with Crippen LogP contribution in [-0.2, 0) is 6.54 Å². The summed E-state index contributed by atoms with van der Waals surface area (Å²) in [5.74, 6) is -1.16. The van der Waals surface area contributed by atoms with Gasteiger partial charge in [-0.2, -0.15) is 0 Å². The van der Waals surface area contributed by atoms with Crippen molar-refractivity contribution < 1.29 is 14.0 Å². The quantitative estimate of drug-likeness (QED) is 0.485. The van der Waals surface area contributed by atoms with Gasteiger partial charge in [-0.1, -0.05) is 42.5 Å². The highest BCUT2D eigenvalue weighted by Gasteiger charge is 2.12. The molecule has 0 aliphatic heterocycles. The maximum absolute atomic E-state index is 13.7. The van der Waals surface area contributed by atoms with Crippen LogP contribution in [0.4, 0.5) is 15.8 Å². The zero-order chi connectivity index (χ0) is 21.6. The predicted molar refractivity (Wildman–Crippen MR) is 117 cm³/mol. The van der Waals surface area contributed by atoms with E-state index in [9.17, 15) is 14.0 Å². The summed E-state index contributed by atoms with van der Waals surface area (Å²) >= 11 is 0. The molecule has 0 aliphatic carbocycles. The number of hydrogen-bond donors (Lipinski definition) is 2. The van der Waals surface area contributed by atoms with Crippen LogP contribution in [0.3, 0.4) is 0 Å². The Bertz CT molecular complexity index is 1200. The second-order valence-corrected chi connectivity index (χ2v) is 6.88. The van der Waals surface area contributed by atoms with Crippen molar-refractivity contribution in [3.63, 3.8) is 0 Å². The number of carbonyl (C=O) groups is 2. The normalized spacial score (nSPS) is 10.5. The smallest absolute Gasteiger partial charge is 0.275 e. The maximum atomic E-state index is 13.7. The molecule has 1 aromatic heterocycles. The average molecular weight is 414 g/mol. The van der Waals surface area contributed by atoms with Crippen LogP contribution in [0, 0.1) is 5.82 Å². The van der Waals surface area contributed by atoms with E-state index in [4.69, 9.17) is 0 Å². The minimum absolute atomic E-state index is 0.107. The van der Waals surface area contributed by atoms with Crippen molar-refractivity contribution >= 4 is 23.2 Å². The Labute approximate surface area is 178 Å². The molecule has 0 bridgehead atoms. The van der Waals surface area contributed by atoms with Gasteiger partial charge in [0.05, 0.1) is 12.0 Å². The summed E-state index contributed by atoms with van der Waals surface area (Å²) < 4.78 is 15.5. The number of nitrogens with zero attached hydrogens (tertiary/aromatic N) is 2. The lowest BCUT2D eigenvalue weighted by molar-refractivity contribution is 0.101. The van der Waals surface area contributed by atoms with E-state index in [-0.39, 0.29) is 17.3 Å². The first-order valence-corrected chi connectivity index (χ1v) is 9.61. The van der Waals surface area contributed by atoms with Gasteiger partial charge in [0.1, 0.15) is 11.5 Å². The fourth-order valence-corrected chi connectivity index (χ4v) is 3.01. The van der Waals surface area contributed by atoms with Gasteiger partial charge in [-0.15, -0.1) is 0 Å². The molecule has 2 amide bonds. The van der Waals surface area contributed by atoms with Crippen LogP contribution in [0.15, 0.2) is 91.4 Å². The van der Waals surface area contributed by atoms with Gasteiger partial charge in [-0.25, -0.2) is 9.37 Å². The Hall–Kier alpha value is -4.26. The first kappa shape index (κ1) is 20.0. The summed E-state index contributed by atoms with van der Waals surface area (Å²) in [5, 5.41) is 5.37. The standard InChI is InChI=1S/C24H19FN4O2/c25-20-8-4-5-9-21(20)28-24(31)22-15-29(16-26-22)14-17-10-12-19(13-11-17)27-23(30)18-6-2-1-3-7-18/h1-13,15-16H,14H2,(H,27,30)(H,28,31). The molecular weight excluding hydrogens is 395 g/mol. The zero-order valence-corrected chi connectivity index (χ0v) is 16.5. The van der Waals surface area contributed by atoms with Crippen molar-refractivity contribution in [2.45, 2.75) is 6.54 Å². The first-order valence-electron chi connectivity index (χ1n) is 9.61. The van der Waals surface area contributed by atoms with E-state index in [1.54, 1.807) is 41.4 Å². The van der Waals surface area contributed by atoms with E-state index in [0.717, 1.165) is 5.56 Å². The van der Waals surface area contributed by atoms with E-state index in [1.165, 1.54) is 12.1 Å². The maximum Gasteiger partial charge on any atom is 0.275 e. The van der Waals surface area contributed by atoms with E-state index in [2.05, 4.69) is 15.6 Å². The SMILES string of the molecule is O=C(Nc1ccc(Cn2cnc(C(=O)Nc3ccccc3F)c2)cc1)c1ccccc1. The molecule has 31 heavy (non-hydrogen) atoms. The van der Waals surface area contributed by atoms with Gasteiger partial charge >= 0.3 is 0 Å². The predicted octanol–water partition coefficient (Wildman–Crippen LogP) is 4.58. The Morgan fingerprint density at radius 2 is 1.55 bits per heavy atom. The summed E-state index contributed by atoms with van der Waals surface area (Å²) in [6.07, 6.45) is 3.14. The van der Waals surface area contributed by atoms with Gasteiger partial charge in [0.25, 0.3) is 11.8 Å². The lowest BCUT2D eigenvalue weighted by atomic mass is 10.2. The summed E-state index contributed by atoms with van der Waals surface area (Å²) in [5.41, 5.74) is 2.54. The van der Waals surface area contributed by atoms with Crippen LogP contribution in [0.25, 0.3) is 0 Å². The number of aromatic nitrogens is 2. The second kappa shape index (κ2) is 9.04. The van der Waals surface area contributed by atoms with Gasteiger partial charge in [0, 0.05) is 24.0 Å². The molecule has 0 atom stereocenters. The second-order valence-electron chi connectivity index (χ2n) is 6.88. The number of para-hydroxylation sites is 1. The molecule has 0 saturated heterocycles. The molecule has 0 radical (unpaired) electrons. The lowest BCUT2D eigenvalue weighted by Gasteiger charge is -2.07. The van der Waals surface area contributed by atoms with Crippen LogP contribution in [0.2, 0.25) is 0 Å². The van der Waals surface area contributed by atoms with E-state index in [1.807, 2.05) is 42.5 Å². The molecule has 0 aliphatic rings. The molecule has 4 rings (SSSR count). The van der Waals surface area contributed by atoms with E-state index < -0.39 is 11.7 Å². The molecule has 3 aromatic carbocycles. The summed E-state index contributed by atoms with van der Waals surface area (Å²) in [6, 6.07) is 22.4. The molecule has 4 aromatic rings. The number of imidazole rings is 1. The number of rotatable bonds is 6. The van der Waals surface area contributed by atoms with Crippen LogP contribution >= 0.6 is 0 Å². The molecule has 0 fully saturated rings. The highest BCUT2D eigenvalue weighted by molar-refractivity contribution is 6.04. The van der Waals surface area contributed by atoms with Crippen LogP contribution in [-0.4, -0.2) is 21.4 Å². The Morgan fingerprint density at radius 1 is 0.839 bits per heavy atom. The number of halogens is 1. The zero-order valence-electron chi connectivity index (χ0n) is 16.5. The number of hydrogen-bond acceptors (Lipinski definition) is 3. The number of carbonyl (C=O) groups excluding carboxylic acids is 2. The highest BCUT2D eigenvalue weighted by atomic mass is 19.1. The summed E-state index contributed by atoms with van der Waals surface area (Å²) in [7, 11) is 0. The number of benzene rings is 3. The first-order chi connectivity index (χ1) is 15.1. The molecule has 7 heteroatoms. The van der Waals surface area contributed by atoms with Crippen LogP contribution in [0.1, 0.15) is 26.4 Å². The largest absolute Gasteiger partial charge is 0.332 e. The van der Waals surface area contributed by atoms with Gasteiger partial charge in [0.2, 0.25) is 0 Å². The van der Waals surface area contributed by atoms with E-state index in [0.29, 0.717) is 17.8 Å². The molecule has 1 heterocycles. The third kappa shape index (κ3) is 5.02. The Balaban J connectivity index is 1.37. The third-order valence-corrected chi connectivity index (χ3v) is 4.60. The van der Waals surface area contributed by atoms with Gasteiger partial charge < -0.3 is 15.2 Å². The van der Waals surface area contributed by atoms with Gasteiger partial charge in [-0.3, -0.25) is 9.59 Å². The van der Waals surface area contributed by atoms with Gasteiger partial charge in [-0.05, 0) is 42.0 Å². The third-order valence-electron chi connectivity index (χ3n) is 4.60.